The zero-order valence-electron chi connectivity index (χ0n) is 21.3. The van der Waals surface area contributed by atoms with E-state index < -0.39 is 5.60 Å². The SMILES string of the molecule is Cn1ccc2c(-c3ncc(Nc4ccc(N5CCC[C@@H](C(C)(C)O)C5)cn4)c4c3CNC4)cccc21. The smallest absolute Gasteiger partial charge is 0.130 e. The summed E-state index contributed by atoms with van der Waals surface area (Å²) in [4.78, 5) is 12.0. The monoisotopic (exact) mass is 482 g/mol. The normalized spacial score (nSPS) is 18.0. The molecular formula is C29H34N6O. The molecule has 1 aromatic carbocycles. The summed E-state index contributed by atoms with van der Waals surface area (Å²) in [7, 11) is 2.08. The molecule has 36 heavy (non-hydrogen) atoms. The summed E-state index contributed by atoms with van der Waals surface area (Å²) in [6.07, 6.45) is 8.13. The number of aliphatic hydroxyl groups is 1. The standard InChI is InChI=1S/C29H34N6O/c1-29(2,36)19-6-5-12-35(18-19)20-9-10-27(31-14-20)33-25-17-32-28(24-16-30-15-23(24)25)22-7-4-8-26-21(22)11-13-34(26)3/h4,7-11,13-14,17,19,30,36H,5-6,12,15-16,18H2,1-3H3,(H,31,33)/t19-/m1/s1. The number of hydrogen-bond acceptors (Lipinski definition) is 6. The van der Waals surface area contributed by atoms with E-state index in [0.717, 1.165) is 61.9 Å². The minimum absolute atomic E-state index is 0.269. The number of rotatable bonds is 5. The van der Waals surface area contributed by atoms with Crippen molar-refractivity contribution < 1.29 is 5.11 Å². The number of fused-ring (bicyclic) bond motifs is 2. The van der Waals surface area contributed by atoms with Gasteiger partial charge in [-0.2, -0.15) is 0 Å². The number of nitrogens with one attached hydrogen (secondary N) is 2. The average Bonchev–Trinajstić information content (AvgIpc) is 3.52. The van der Waals surface area contributed by atoms with Crippen LogP contribution in [0.25, 0.3) is 22.2 Å². The summed E-state index contributed by atoms with van der Waals surface area (Å²) < 4.78 is 2.15. The third-order valence-corrected chi connectivity index (χ3v) is 7.88. The van der Waals surface area contributed by atoms with E-state index in [1.54, 1.807) is 0 Å². The molecule has 0 aliphatic carbocycles. The molecule has 186 valence electrons. The molecule has 1 fully saturated rings. The highest BCUT2D eigenvalue weighted by molar-refractivity contribution is 5.95. The molecule has 7 heteroatoms. The van der Waals surface area contributed by atoms with Crippen LogP contribution in [0.4, 0.5) is 17.2 Å². The Morgan fingerprint density at radius 2 is 1.92 bits per heavy atom. The molecule has 0 saturated carbocycles. The molecule has 0 bridgehead atoms. The first-order valence-corrected chi connectivity index (χ1v) is 12.8. The van der Waals surface area contributed by atoms with Gasteiger partial charge in [0.1, 0.15) is 5.82 Å². The van der Waals surface area contributed by atoms with Crippen LogP contribution in [0, 0.1) is 5.92 Å². The lowest BCUT2D eigenvalue weighted by molar-refractivity contribution is 0.0110. The zero-order valence-corrected chi connectivity index (χ0v) is 21.3. The van der Waals surface area contributed by atoms with Gasteiger partial charge in [-0.15, -0.1) is 0 Å². The van der Waals surface area contributed by atoms with Crippen molar-refractivity contribution in [3.8, 4) is 11.3 Å². The number of piperidine rings is 1. The largest absolute Gasteiger partial charge is 0.390 e. The number of hydrogen-bond donors (Lipinski definition) is 3. The fourth-order valence-electron chi connectivity index (χ4n) is 5.72. The van der Waals surface area contributed by atoms with Gasteiger partial charge in [-0.25, -0.2) is 4.98 Å². The fraction of sp³-hybridized carbons (Fsp3) is 0.379. The molecule has 0 spiro atoms. The molecule has 5 heterocycles. The highest BCUT2D eigenvalue weighted by atomic mass is 16.3. The number of nitrogens with zero attached hydrogens (tertiary/aromatic N) is 4. The molecule has 0 unspecified atom stereocenters. The van der Waals surface area contributed by atoms with Crippen molar-refractivity contribution in [2.75, 3.05) is 23.3 Å². The van der Waals surface area contributed by atoms with E-state index in [2.05, 4.69) is 63.7 Å². The van der Waals surface area contributed by atoms with Crippen LogP contribution in [-0.4, -0.2) is 38.3 Å². The number of benzene rings is 1. The Morgan fingerprint density at radius 3 is 2.72 bits per heavy atom. The van der Waals surface area contributed by atoms with Gasteiger partial charge in [0, 0.05) is 61.8 Å². The maximum Gasteiger partial charge on any atom is 0.130 e. The maximum absolute atomic E-state index is 10.5. The van der Waals surface area contributed by atoms with Gasteiger partial charge in [0.2, 0.25) is 0 Å². The summed E-state index contributed by atoms with van der Waals surface area (Å²) in [6, 6.07) is 12.8. The number of aryl methyl sites for hydroxylation is 1. The van der Waals surface area contributed by atoms with E-state index in [-0.39, 0.29) is 5.92 Å². The number of anilines is 3. The third-order valence-electron chi connectivity index (χ3n) is 7.88. The lowest BCUT2D eigenvalue weighted by atomic mass is 9.84. The first-order chi connectivity index (χ1) is 17.4. The number of pyridine rings is 2. The van der Waals surface area contributed by atoms with Crippen LogP contribution < -0.4 is 15.5 Å². The molecule has 1 atom stereocenters. The molecule has 2 aliphatic heterocycles. The van der Waals surface area contributed by atoms with Crippen molar-refractivity contribution in [2.45, 2.75) is 45.4 Å². The second kappa shape index (κ2) is 8.91. The average molecular weight is 483 g/mol. The summed E-state index contributed by atoms with van der Waals surface area (Å²) in [6.45, 7) is 7.30. The van der Waals surface area contributed by atoms with E-state index in [1.807, 2.05) is 32.3 Å². The van der Waals surface area contributed by atoms with Crippen molar-refractivity contribution in [1.82, 2.24) is 19.9 Å². The van der Waals surface area contributed by atoms with Gasteiger partial charge in [0.05, 0.1) is 35.1 Å². The lowest BCUT2D eigenvalue weighted by Crippen LogP contribution is -2.44. The fourth-order valence-corrected chi connectivity index (χ4v) is 5.72. The molecule has 6 rings (SSSR count). The molecule has 0 amide bonds. The van der Waals surface area contributed by atoms with Gasteiger partial charge >= 0.3 is 0 Å². The zero-order chi connectivity index (χ0) is 24.9. The predicted octanol–water partition coefficient (Wildman–Crippen LogP) is 4.97. The Kier molecular flexibility index (Phi) is 5.69. The summed E-state index contributed by atoms with van der Waals surface area (Å²) in [5, 5.41) is 18.7. The van der Waals surface area contributed by atoms with Gasteiger partial charge < -0.3 is 25.2 Å². The van der Waals surface area contributed by atoms with E-state index in [0.29, 0.717) is 0 Å². The van der Waals surface area contributed by atoms with Gasteiger partial charge in [-0.05, 0) is 62.1 Å². The molecular weight excluding hydrogens is 448 g/mol. The Balaban J connectivity index is 1.25. The van der Waals surface area contributed by atoms with Gasteiger partial charge in [-0.1, -0.05) is 12.1 Å². The highest BCUT2D eigenvalue weighted by Gasteiger charge is 2.31. The van der Waals surface area contributed by atoms with Crippen LogP contribution in [0.2, 0.25) is 0 Å². The third kappa shape index (κ3) is 4.12. The second-order valence-electron chi connectivity index (χ2n) is 10.7. The Hall–Kier alpha value is -3.42. The molecule has 7 nitrogen and oxygen atoms in total. The minimum atomic E-state index is -0.660. The van der Waals surface area contributed by atoms with E-state index in [4.69, 9.17) is 9.97 Å². The van der Waals surface area contributed by atoms with Crippen LogP contribution in [0.1, 0.15) is 37.8 Å². The van der Waals surface area contributed by atoms with Crippen LogP contribution in [0.3, 0.4) is 0 Å². The summed E-state index contributed by atoms with van der Waals surface area (Å²) in [5.74, 6) is 1.08. The second-order valence-corrected chi connectivity index (χ2v) is 10.7. The van der Waals surface area contributed by atoms with Gasteiger partial charge in [0.25, 0.3) is 0 Å². The van der Waals surface area contributed by atoms with Crippen LogP contribution in [0.15, 0.2) is 55.0 Å². The maximum atomic E-state index is 10.5. The summed E-state index contributed by atoms with van der Waals surface area (Å²) in [5.41, 5.74) is 7.38. The van der Waals surface area contributed by atoms with Crippen molar-refractivity contribution in [3.05, 3.63) is 66.1 Å². The Morgan fingerprint density at radius 1 is 1.06 bits per heavy atom. The first-order valence-electron chi connectivity index (χ1n) is 12.8. The quantitative estimate of drug-likeness (QED) is 0.373. The van der Waals surface area contributed by atoms with E-state index in [1.165, 1.54) is 27.6 Å². The molecule has 3 aromatic heterocycles. The van der Waals surface area contributed by atoms with Crippen molar-refractivity contribution in [3.63, 3.8) is 0 Å². The molecule has 4 aromatic rings. The Bertz CT molecular complexity index is 1400. The lowest BCUT2D eigenvalue weighted by Gasteiger charge is -2.39. The van der Waals surface area contributed by atoms with Crippen molar-refractivity contribution in [2.24, 2.45) is 13.0 Å². The van der Waals surface area contributed by atoms with Crippen molar-refractivity contribution >= 4 is 28.1 Å². The topological polar surface area (TPSA) is 78.2 Å². The van der Waals surface area contributed by atoms with Gasteiger partial charge in [0.15, 0.2) is 0 Å². The van der Waals surface area contributed by atoms with Crippen LogP contribution in [0.5, 0.6) is 0 Å². The highest BCUT2D eigenvalue weighted by Crippen LogP contribution is 2.36. The first kappa shape index (κ1) is 23.0. The Labute approximate surface area is 212 Å². The van der Waals surface area contributed by atoms with Crippen molar-refractivity contribution in [1.29, 1.82) is 0 Å². The molecule has 2 aliphatic rings. The molecule has 3 N–H and O–H groups in total. The van der Waals surface area contributed by atoms with E-state index >= 15 is 0 Å². The minimum Gasteiger partial charge on any atom is -0.390 e. The number of aromatic nitrogens is 3. The van der Waals surface area contributed by atoms with Crippen LogP contribution >= 0.6 is 0 Å². The molecule has 0 radical (unpaired) electrons. The summed E-state index contributed by atoms with van der Waals surface area (Å²) >= 11 is 0. The molecule has 1 saturated heterocycles. The van der Waals surface area contributed by atoms with E-state index in [9.17, 15) is 5.11 Å². The van der Waals surface area contributed by atoms with Gasteiger partial charge in [-0.3, -0.25) is 4.98 Å². The predicted molar refractivity (Wildman–Crippen MR) is 145 cm³/mol. The van der Waals surface area contributed by atoms with Crippen LogP contribution in [-0.2, 0) is 20.1 Å².